The summed E-state index contributed by atoms with van der Waals surface area (Å²) in [4.78, 5) is 108. The summed E-state index contributed by atoms with van der Waals surface area (Å²) < 4.78 is 34.1. The number of rotatable bonds is 17. The lowest BCUT2D eigenvalue weighted by atomic mass is 10.1. The highest BCUT2D eigenvalue weighted by molar-refractivity contribution is 8.00. The molecule has 8 heterocycles. The lowest BCUT2D eigenvalue weighted by Gasteiger charge is -2.14. The van der Waals surface area contributed by atoms with Crippen LogP contribution in [0.4, 0.5) is 5.69 Å². The summed E-state index contributed by atoms with van der Waals surface area (Å²) >= 11 is 4.76. The van der Waals surface area contributed by atoms with Crippen molar-refractivity contribution in [3.8, 4) is 17.2 Å². The van der Waals surface area contributed by atoms with Gasteiger partial charge in [0.05, 0.1) is 69.5 Å². The van der Waals surface area contributed by atoms with Gasteiger partial charge in [-0.3, -0.25) is 19.2 Å². The van der Waals surface area contributed by atoms with Crippen LogP contribution < -0.4 is 55.2 Å². The molecular formula is C92H77N5O15S4. The van der Waals surface area contributed by atoms with Crippen molar-refractivity contribution in [1.29, 1.82) is 0 Å². The first-order valence-corrected chi connectivity index (χ1v) is 39.8. The van der Waals surface area contributed by atoms with Gasteiger partial charge in [-0.2, -0.15) is 0 Å². The van der Waals surface area contributed by atoms with E-state index in [1.54, 1.807) is 137 Å². The van der Waals surface area contributed by atoms with E-state index in [0.29, 0.717) is 122 Å². The summed E-state index contributed by atoms with van der Waals surface area (Å²) in [6.45, 7) is 14.4. The first-order chi connectivity index (χ1) is 55.9. The normalized spacial score (nSPS) is 11.1. The number of nitrogens with zero attached hydrogens (tertiary/aromatic N) is 4. The van der Waals surface area contributed by atoms with Crippen LogP contribution in [0.5, 0.6) is 17.2 Å². The molecule has 0 bridgehead atoms. The van der Waals surface area contributed by atoms with Gasteiger partial charge in [0.25, 0.3) is 22.2 Å². The molecule has 24 heteroatoms. The topological polar surface area (TPSA) is 285 Å². The largest absolute Gasteiger partial charge is 0.508 e. The maximum Gasteiger partial charge on any atom is 0.350 e. The molecule has 0 spiro atoms. The first-order valence-electron chi connectivity index (χ1n) is 36.5. The standard InChI is InChI=1S/C23H20N2O3S.3C23H19NO4S/c1-14-11-19-20(22(26)25(14)13-16-7-4-3-5-8-16)15(2)21(23(27)28-19)29-18-10-6-9-17(24)12-18;1-15-12-19-17(22(25)24(15)14-16-8-4-3-5-9-16)13-21(23(26)28-19)29-20-11-7-6-10-18(20)27-2;1-14-12-18-20(22(26)24(14)13-16-8-4-3-5-9-16)15(2)21(23(27)28-18)29-19-11-7-6-10-17(19)25;1-14-11-19-20(22(26)24(14)13-16-7-4-3-5-8-16)15(2)21(23(27)28-19)29-18-10-6-9-17(25)12-18/h3-12H,13,24H2,1-2H3;3-13H,14H2,1-2H3;2*3-12,25H,13H2,1-2H3. The molecule has 8 aromatic heterocycles. The van der Waals surface area contributed by atoms with Crippen molar-refractivity contribution in [2.24, 2.45) is 0 Å². The van der Waals surface area contributed by atoms with Crippen LogP contribution in [0.1, 0.15) is 61.7 Å². The Bertz CT molecular complexity index is 6710. The zero-order chi connectivity index (χ0) is 82.0. The van der Waals surface area contributed by atoms with Crippen molar-refractivity contribution < 1.29 is 32.6 Å². The molecule has 0 atom stereocenters. The molecular weight excluding hydrogens is 1540 g/mol. The number of fused-ring (bicyclic) bond motifs is 4. The third-order valence-electron chi connectivity index (χ3n) is 19.1. The summed E-state index contributed by atoms with van der Waals surface area (Å²) in [5.74, 6) is 0.836. The van der Waals surface area contributed by atoms with Crippen LogP contribution >= 0.6 is 47.0 Å². The third-order valence-corrected chi connectivity index (χ3v) is 23.8. The summed E-state index contributed by atoms with van der Waals surface area (Å²) in [6, 6.07) is 75.6. The molecule has 116 heavy (non-hydrogen) atoms. The highest BCUT2D eigenvalue weighted by Gasteiger charge is 2.24. The number of phenolic OH excluding ortho intramolecular Hbond substituents is 2. The molecule has 4 N–H and O–H groups in total. The summed E-state index contributed by atoms with van der Waals surface area (Å²) in [5.41, 5.74) is 13.7. The molecule has 584 valence electrons. The fourth-order valence-corrected chi connectivity index (χ4v) is 16.9. The number of phenols is 2. The van der Waals surface area contributed by atoms with Crippen LogP contribution in [0, 0.1) is 48.5 Å². The van der Waals surface area contributed by atoms with Crippen molar-refractivity contribution >= 4 is 96.6 Å². The lowest BCUT2D eigenvalue weighted by molar-refractivity contribution is 0.405. The van der Waals surface area contributed by atoms with Gasteiger partial charge < -0.3 is 56.6 Å². The number of para-hydroxylation sites is 2. The fourth-order valence-electron chi connectivity index (χ4n) is 13.2. The Morgan fingerprint density at radius 1 is 0.336 bits per heavy atom. The minimum atomic E-state index is -0.525. The summed E-state index contributed by atoms with van der Waals surface area (Å²) in [7, 11) is 1.58. The molecule has 0 amide bonds. The average molecular weight is 1620 g/mol. The Hall–Kier alpha value is -13.0. The van der Waals surface area contributed by atoms with E-state index in [-0.39, 0.29) is 39.3 Å². The number of hydrogen-bond donors (Lipinski definition) is 3. The Morgan fingerprint density at radius 2 is 0.690 bits per heavy atom. The molecule has 0 aliphatic carbocycles. The molecule has 0 saturated heterocycles. The summed E-state index contributed by atoms with van der Waals surface area (Å²) in [6.07, 6.45) is 0. The molecule has 0 fully saturated rings. The minimum Gasteiger partial charge on any atom is -0.508 e. The fraction of sp³-hybridized carbons (Fsp3) is 0.130. The highest BCUT2D eigenvalue weighted by atomic mass is 32.2. The van der Waals surface area contributed by atoms with Gasteiger partial charge in [0.2, 0.25) is 0 Å². The number of nitrogen functional groups attached to an aromatic ring is 1. The smallest absolute Gasteiger partial charge is 0.350 e. The number of aromatic nitrogens is 4. The lowest BCUT2D eigenvalue weighted by Crippen LogP contribution is -2.24. The van der Waals surface area contributed by atoms with Crippen molar-refractivity contribution in [2.45, 2.75) is 114 Å². The Morgan fingerprint density at radius 3 is 1.09 bits per heavy atom. The van der Waals surface area contributed by atoms with E-state index >= 15 is 0 Å². The number of benzene rings is 8. The number of anilines is 1. The number of ether oxygens (including phenoxy) is 1. The zero-order valence-corrected chi connectivity index (χ0v) is 67.5. The number of aryl methyl sites for hydroxylation is 7. The van der Waals surface area contributed by atoms with E-state index in [2.05, 4.69) is 0 Å². The second kappa shape index (κ2) is 36.0. The molecule has 0 radical (unpaired) electrons. The van der Waals surface area contributed by atoms with Crippen molar-refractivity contribution in [3.63, 3.8) is 0 Å². The van der Waals surface area contributed by atoms with Crippen LogP contribution in [0.2, 0.25) is 0 Å². The maximum atomic E-state index is 13.3. The van der Waals surface area contributed by atoms with E-state index in [0.717, 1.165) is 66.6 Å². The molecule has 16 rings (SSSR count). The number of pyridine rings is 4. The van der Waals surface area contributed by atoms with Crippen molar-refractivity contribution in [3.05, 3.63) is 394 Å². The van der Waals surface area contributed by atoms with Crippen LogP contribution in [0.25, 0.3) is 43.9 Å². The predicted molar refractivity (Wildman–Crippen MR) is 459 cm³/mol. The predicted octanol–water partition coefficient (Wildman–Crippen LogP) is 17.8. The first kappa shape index (κ1) is 81.0. The molecule has 20 nitrogen and oxygen atoms in total. The van der Waals surface area contributed by atoms with Crippen molar-refractivity contribution in [2.75, 3.05) is 12.8 Å². The Kier molecular flexibility index (Phi) is 25.1. The third kappa shape index (κ3) is 18.3. The van der Waals surface area contributed by atoms with Gasteiger partial charge in [-0.25, -0.2) is 19.2 Å². The van der Waals surface area contributed by atoms with Crippen LogP contribution in [-0.2, 0) is 26.2 Å². The highest BCUT2D eigenvalue weighted by Crippen LogP contribution is 2.38. The number of methoxy groups -OCH3 is 1. The Labute approximate surface area is 680 Å². The second-order valence-electron chi connectivity index (χ2n) is 27.2. The second-order valence-corrected chi connectivity index (χ2v) is 31.5. The number of nitrogens with two attached hydrogens (primary N) is 1. The van der Waals surface area contributed by atoms with Crippen LogP contribution in [-0.4, -0.2) is 35.6 Å². The van der Waals surface area contributed by atoms with E-state index in [4.69, 9.17) is 28.1 Å². The van der Waals surface area contributed by atoms with Gasteiger partial charge in [-0.15, -0.1) is 0 Å². The van der Waals surface area contributed by atoms with Gasteiger partial charge in [-0.1, -0.05) is 205 Å². The van der Waals surface area contributed by atoms with Gasteiger partial charge in [0, 0.05) is 62.5 Å². The summed E-state index contributed by atoms with van der Waals surface area (Å²) in [5, 5.41) is 21.3. The van der Waals surface area contributed by atoms with Crippen molar-refractivity contribution in [1.82, 2.24) is 18.3 Å². The number of hydrogen-bond acceptors (Lipinski definition) is 20. The Balaban J connectivity index is 0.000000135. The van der Waals surface area contributed by atoms with Gasteiger partial charge in [0.15, 0.2) is 0 Å². The van der Waals surface area contributed by atoms with Gasteiger partial charge >= 0.3 is 22.5 Å². The van der Waals surface area contributed by atoms with Crippen LogP contribution in [0.15, 0.2) is 344 Å². The number of aromatic hydroxyl groups is 2. The maximum absolute atomic E-state index is 13.3. The molecule has 16 aromatic rings. The molecule has 0 saturated carbocycles. The average Bonchev–Trinajstić information content (AvgIpc) is 0.776. The molecule has 0 unspecified atom stereocenters. The van der Waals surface area contributed by atoms with Gasteiger partial charge in [-0.05, 0) is 154 Å². The molecule has 0 aliphatic rings. The van der Waals surface area contributed by atoms with E-state index in [9.17, 15) is 48.6 Å². The van der Waals surface area contributed by atoms with Crippen LogP contribution in [0.3, 0.4) is 0 Å². The zero-order valence-electron chi connectivity index (χ0n) is 64.2. The van der Waals surface area contributed by atoms with E-state index < -0.39 is 22.5 Å². The molecule has 8 aromatic carbocycles. The van der Waals surface area contributed by atoms with Gasteiger partial charge in [0.1, 0.15) is 54.3 Å². The van der Waals surface area contributed by atoms with E-state index in [1.807, 2.05) is 185 Å². The quantitative estimate of drug-likeness (QED) is 0.0714. The molecule has 0 aliphatic heterocycles. The van der Waals surface area contributed by atoms with E-state index in [1.165, 1.54) is 35.3 Å². The minimum absolute atomic E-state index is 0.0711. The monoisotopic (exact) mass is 1620 g/mol. The SMILES string of the molecule is COc1ccccc1Sc1cc2c(=O)n(Cc3ccccc3)c(C)cc2oc1=O.Cc1c(Sc2cccc(N)c2)c(=O)oc2cc(C)n(Cc3ccccc3)c(=O)c12.Cc1c(Sc2cccc(O)c2)c(=O)oc2cc(C)n(Cc3ccccc3)c(=O)c12.Cc1c(Sc2ccccc2O)c(=O)oc2cc(C)n(Cc3ccccc3)c(=O)c12.